The first-order valence-corrected chi connectivity index (χ1v) is 7.20. The lowest BCUT2D eigenvalue weighted by atomic mass is 10.2. The molecule has 0 atom stereocenters. The molecule has 0 bridgehead atoms. The molecule has 0 spiro atoms. The number of aromatic nitrogens is 4. The maximum Gasteiger partial charge on any atom is 0.286 e. The Labute approximate surface area is 135 Å². The molecule has 0 saturated carbocycles. The summed E-state index contributed by atoms with van der Waals surface area (Å²) in [7, 11) is 0. The van der Waals surface area contributed by atoms with Crippen molar-refractivity contribution in [2.45, 2.75) is 13.0 Å². The topological polar surface area (TPSA) is 122 Å². The molecule has 0 radical (unpaired) electrons. The number of nitrogens with zero attached hydrogens (tertiary/aromatic N) is 3. The Morgan fingerprint density at radius 1 is 1.12 bits per heavy atom. The summed E-state index contributed by atoms with van der Waals surface area (Å²) in [6, 6.07) is 10.1. The van der Waals surface area contributed by atoms with Crippen LogP contribution in [-0.2, 0) is 11.3 Å². The minimum Gasteiger partial charge on any atom is -0.357 e. The van der Waals surface area contributed by atoms with Crippen molar-refractivity contribution in [1.29, 1.82) is 0 Å². The first-order chi connectivity index (χ1) is 11.6. The van der Waals surface area contributed by atoms with Gasteiger partial charge in [0.15, 0.2) is 0 Å². The van der Waals surface area contributed by atoms with E-state index in [0.29, 0.717) is 16.6 Å². The lowest BCUT2D eigenvalue weighted by molar-refractivity contribution is -0.122. The van der Waals surface area contributed by atoms with E-state index >= 15 is 0 Å². The summed E-state index contributed by atoms with van der Waals surface area (Å²) in [5, 5.41) is 8.17. The smallest absolute Gasteiger partial charge is 0.286 e. The van der Waals surface area contributed by atoms with E-state index in [0.717, 1.165) is 4.68 Å². The van der Waals surface area contributed by atoms with E-state index in [2.05, 4.69) is 26.1 Å². The van der Waals surface area contributed by atoms with Gasteiger partial charge in [0.1, 0.15) is 11.2 Å². The van der Waals surface area contributed by atoms with Crippen molar-refractivity contribution in [3.05, 3.63) is 58.6 Å². The number of hydrogen-bond donors (Lipinski definition) is 3. The zero-order valence-electron chi connectivity index (χ0n) is 12.5. The SMILES string of the molecule is O=C(CCn1nnc2ccccc2c1=O)NNC(=O)c1ccc[nH]1. The minimum absolute atomic E-state index is 0.0298. The number of H-pyrrole nitrogens is 1. The molecule has 1 aromatic carbocycles. The van der Waals surface area contributed by atoms with Gasteiger partial charge in [-0.05, 0) is 24.3 Å². The summed E-state index contributed by atoms with van der Waals surface area (Å²) in [6.07, 6.45) is 1.57. The van der Waals surface area contributed by atoms with Crippen molar-refractivity contribution in [2.24, 2.45) is 0 Å². The largest absolute Gasteiger partial charge is 0.357 e. The van der Waals surface area contributed by atoms with Crippen LogP contribution in [-0.4, -0.2) is 31.8 Å². The third-order valence-electron chi connectivity index (χ3n) is 3.34. The highest BCUT2D eigenvalue weighted by molar-refractivity contribution is 5.93. The van der Waals surface area contributed by atoms with Crippen LogP contribution in [0.15, 0.2) is 47.4 Å². The zero-order chi connectivity index (χ0) is 16.9. The van der Waals surface area contributed by atoms with Crippen LogP contribution in [0.5, 0.6) is 0 Å². The van der Waals surface area contributed by atoms with Gasteiger partial charge in [-0.2, -0.15) is 0 Å². The second-order valence-corrected chi connectivity index (χ2v) is 4.97. The molecule has 9 nitrogen and oxygen atoms in total. The number of amides is 2. The number of carbonyl (C=O) groups is 2. The van der Waals surface area contributed by atoms with Crippen LogP contribution in [0.3, 0.4) is 0 Å². The number of nitrogens with one attached hydrogen (secondary N) is 3. The predicted octanol–water partition coefficient (Wildman–Crippen LogP) is -0.0291. The minimum atomic E-state index is -0.462. The molecule has 9 heteroatoms. The molecule has 2 heterocycles. The highest BCUT2D eigenvalue weighted by Gasteiger charge is 2.09. The number of benzene rings is 1. The molecular weight excluding hydrogens is 312 g/mol. The third-order valence-corrected chi connectivity index (χ3v) is 3.34. The molecule has 0 aliphatic carbocycles. The van der Waals surface area contributed by atoms with Gasteiger partial charge in [0.2, 0.25) is 5.91 Å². The fourth-order valence-corrected chi connectivity index (χ4v) is 2.11. The van der Waals surface area contributed by atoms with Crippen molar-refractivity contribution >= 4 is 22.7 Å². The van der Waals surface area contributed by atoms with Gasteiger partial charge in [-0.25, -0.2) is 4.68 Å². The van der Waals surface area contributed by atoms with E-state index in [1.165, 1.54) is 0 Å². The molecular formula is C15H14N6O3. The second kappa shape index (κ2) is 6.73. The van der Waals surface area contributed by atoms with Crippen LogP contribution in [0.4, 0.5) is 0 Å². The van der Waals surface area contributed by atoms with E-state index in [1.807, 2.05) is 0 Å². The first kappa shape index (κ1) is 15.4. The van der Waals surface area contributed by atoms with Crippen molar-refractivity contribution in [3.8, 4) is 0 Å². The maximum atomic E-state index is 12.2. The molecule has 2 aromatic heterocycles. The number of rotatable bonds is 4. The second-order valence-electron chi connectivity index (χ2n) is 4.97. The van der Waals surface area contributed by atoms with E-state index in [1.54, 1.807) is 42.6 Å². The van der Waals surface area contributed by atoms with Gasteiger partial charge in [-0.15, -0.1) is 5.10 Å². The Bertz CT molecular complexity index is 932. The molecule has 0 saturated heterocycles. The van der Waals surface area contributed by atoms with Crippen LogP contribution in [0.2, 0.25) is 0 Å². The molecule has 3 rings (SSSR count). The summed E-state index contributed by atoms with van der Waals surface area (Å²) >= 11 is 0. The van der Waals surface area contributed by atoms with E-state index in [-0.39, 0.29) is 18.5 Å². The van der Waals surface area contributed by atoms with Crippen LogP contribution in [0.1, 0.15) is 16.9 Å². The first-order valence-electron chi connectivity index (χ1n) is 7.20. The number of fused-ring (bicyclic) bond motifs is 1. The Morgan fingerprint density at radius 3 is 2.75 bits per heavy atom. The van der Waals surface area contributed by atoms with Crippen molar-refractivity contribution in [3.63, 3.8) is 0 Å². The molecule has 122 valence electrons. The maximum absolute atomic E-state index is 12.2. The highest BCUT2D eigenvalue weighted by atomic mass is 16.2. The Kier molecular flexibility index (Phi) is 4.32. The fraction of sp³-hybridized carbons (Fsp3) is 0.133. The van der Waals surface area contributed by atoms with Gasteiger partial charge < -0.3 is 4.98 Å². The lowest BCUT2D eigenvalue weighted by Crippen LogP contribution is -2.42. The van der Waals surface area contributed by atoms with Crippen LogP contribution in [0, 0.1) is 0 Å². The quantitative estimate of drug-likeness (QED) is 0.581. The highest BCUT2D eigenvalue weighted by Crippen LogP contribution is 2.03. The van der Waals surface area contributed by atoms with Gasteiger partial charge >= 0.3 is 0 Å². The molecule has 0 unspecified atom stereocenters. The van der Waals surface area contributed by atoms with Gasteiger partial charge in [0.25, 0.3) is 11.5 Å². The molecule has 3 aromatic rings. The number of hydrogen-bond acceptors (Lipinski definition) is 5. The lowest BCUT2D eigenvalue weighted by Gasteiger charge is -2.07. The predicted molar refractivity (Wildman–Crippen MR) is 84.8 cm³/mol. The average Bonchev–Trinajstić information content (AvgIpc) is 3.14. The molecule has 24 heavy (non-hydrogen) atoms. The Balaban J connectivity index is 1.57. The molecule has 0 fully saturated rings. The van der Waals surface area contributed by atoms with E-state index < -0.39 is 11.8 Å². The van der Waals surface area contributed by atoms with Crippen LogP contribution < -0.4 is 16.4 Å². The van der Waals surface area contributed by atoms with Gasteiger partial charge in [0.05, 0.1) is 11.9 Å². The van der Waals surface area contributed by atoms with Crippen molar-refractivity contribution in [1.82, 2.24) is 30.8 Å². The molecule has 0 aliphatic heterocycles. The fourth-order valence-electron chi connectivity index (χ4n) is 2.11. The number of aromatic amines is 1. The van der Waals surface area contributed by atoms with Crippen LogP contribution >= 0.6 is 0 Å². The summed E-state index contributed by atoms with van der Waals surface area (Å²) < 4.78 is 1.12. The summed E-state index contributed by atoms with van der Waals surface area (Å²) in [5.41, 5.74) is 5.06. The van der Waals surface area contributed by atoms with Gasteiger partial charge in [0, 0.05) is 12.6 Å². The molecule has 2 amide bonds. The summed E-state index contributed by atoms with van der Waals surface area (Å²) in [5.74, 6) is -0.909. The number of carbonyl (C=O) groups excluding carboxylic acids is 2. The Hall–Kier alpha value is -3.49. The monoisotopic (exact) mass is 326 g/mol. The van der Waals surface area contributed by atoms with Crippen molar-refractivity contribution in [2.75, 3.05) is 0 Å². The van der Waals surface area contributed by atoms with Crippen molar-refractivity contribution < 1.29 is 9.59 Å². The summed E-state index contributed by atoms with van der Waals surface area (Å²) in [6.45, 7) is 0.0564. The molecule has 0 aliphatic rings. The third kappa shape index (κ3) is 3.29. The van der Waals surface area contributed by atoms with Gasteiger partial charge in [-0.1, -0.05) is 17.3 Å². The van der Waals surface area contributed by atoms with E-state index in [4.69, 9.17) is 0 Å². The summed E-state index contributed by atoms with van der Waals surface area (Å²) in [4.78, 5) is 38.3. The van der Waals surface area contributed by atoms with Crippen LogP contribution in [0.25, 0.3) is 10.9 Å². The average molecular weight is 326 g/mol. The standard InChI is InChI=1S/C15H14N6O3/c22-13(18-19-14(23)12-6-3-8-16-12)7-9-21-15(24)10-4-1-2-5-11(10)17-20-21/h1-6,8,16H,7,9H2,(H,18,22)(H,19,23). The number of aryl methyl sites for hydroxylation is 1. The Morgan fingerprint density at radius 2 is 1.96 bits per heavy atom. The molecule has 3 N–H and O–H groups in total. The number of hydrazine groups is 1. The zero-order valence-corrected chi connectivity index (χ0v) is 12.5. The normalized spacial score (nSPS) is 10.5. The van der Waals surface area contributed by atoms with Gasteiger partial charge in [-0.3, -0.25) is 25.2 Å². The van der Waals surface area contributed by atoms with E-state index in [9.17, 15) is 14.4 Å².